The Balaban J connectivity index is 1.95. The van der Waals surface area contributed by atoms with Crippen LogP contribution in [0.2, 0.25) is 0 Å². The van der Waals surface area contributed by atoms with E-state index in [2.05, 4.69) is 25.9 Å². The zero-order valence-corrected chi connectivity index (χ0v) is 15.3. The SMILES string of the molecule is CCNc1ccccc1CNc1ncnc2cc(NCC)c([N+](=O)[O-])cc12. The summed E-state index contributed by atoms with van der Waals surface area (Å²) in [5.41, 5.74) is 3.25. The fourth-order valence-corrected chi connectivity index (χ4v) is 2.93. The van der Waals surface area contributed by atoms with Crippen molar-refractivity contribution >= 4 is 33.8 Å². The minimum absolute atomic E-state index is 0.00949. The van der Waals surface area contributed by atoms with Gasteiger partial charge in [-0.1, -0.05) is 18.2 Å². The minimum Gasteiger partial charge on any atom is -0.385 e. The number of fused-ring (bicyclic) bond motifs is 1. The van der Waals surface area contributed by atoms with Crippen LogP contribution in [0.15, 0.2) is 42.7 Å². The molecule has 27 heavy (non-hydrogen) atoms. The van der Waals surface area contributed by atoms with Crippen LogP contribution in [0.1, 0.15) is 19.4 Å². The fraction of sp³-hybridized carbons (Fsp3) is 0.263. The van der Waals surface area contributed by atoms with E-state index < -0.39 is 4.92 Å². The normalized spacial score (nSPS) is 10.6. The highest BCUT2D eigenvalue weighted by atomic mass is 16.6. The van der Waals surface area contributed by atoms with Gasteiger partial charge in [0.2, 0.25) is 0 Å². The Bertz CT molecular complexity index is 960. The van der Waals surface area contributed by atoms with Gasteiger partial charge in [0.1, 0.15) is 17.8 Å². The van der Waals surface area contributed by atoms with Crippen LogP contribution in [-0.4, -0.2) is 28.0 Å². The van der Waals surface area contributed by atoms with Gasteiger partial charge >= 0.3 is 0 Å². The second-order valence-electron chi connectivity index (χ2n) is 5.94. The molecule has 140 valence electrons. The largest absolute Gasteiger partial charge is 0.385 e. The first-order chi connectivity index (χ1) is 13.1. The quantitative estimate of drug-likeness (QED) is 0.408. The molecule has 0 unspecified atom stereocenters. The molecule has 0 bridgehead atoms. The highest BCUT2D eigenvalue weighted by Gasteiger charge is 2.17. The van der Waals surface area contributed by atoms with Crippen molar-refractivity contribution < 1.29 is 4.92 Å². The molecule has 0 atom stereocenters. The number of nitro groups is 1. The van der Waals surface area contributed by atoms with Gasteiger partial charge in [-0.3, -0.25) is 10.1 Å². The van der Waals surface area contributed by atoms with Crippen LogP contribution in [0.25, 0.3) is 10.9 Å². The van der Waals surface area contributed by atoms with Crippen molar-refractivity contribution in [3.05, 3.63) is 58.4 Å². The van der Waals surface area contributed by atoms with Gasteiger partial charge in [0, 0.05) is 36.8 Å². The van der Waals surface area contributed by atoms with Crippen LogP contribution in [0, 0.1) is 10.1 Å². The molecule has 0 aliphatic rings. The van der Waals surface area contributed by atoms with Crippen molar-refractivity contribution in [2.24, 2.45) is 0 Å². The molecule has 0 radical (unpaired) electrons. The Hall–Kier alpha value is -3.42. The summed E-state index contributed by atoms with van der Waals surface area (Å²) in [5, 5.41) is 21.7. The lowest BCUT2D eigenvalue weighted by molar-refractivity contribution is -0.383. The molecule has 1 heterocycles. The standard InChI is InChI=1S/C19H22N6O2/c1-3-20-15-8-6-5-7-13(15)11-22-19-14-9-18(25(26)27)17(21-4-2)10-16(14)23-12-24-19/h5-10,12,20-21H,3-4,11H2,1-2H3,(H,22,23,24). The third-order valence-electron chi connectivity index (χ3n) is 4.15. The number of para-hydroxylation sites is 1. The molecule has 0 fully saturated rings. The van der Waals surface area contributed by atoms with Crippen molar-refractivity contribution in [2.75, 3.05) is 29.0 Å². The molecule has 8 heteroatoms. The Morgan fingerprint density at radius 1 is 1.00 bits per heavy atom. The lowest BCUT2D eigenvalue weighted by Crippen LogP contribution is -2.07. The third kappa shape index (κ3) is 4.05. The minimum atomic E-state index is -0.394. The van der Waals surface area contributed by atoms with Gasteiger partial charge in [-0.2, -0.15) is 0 Å². The maximum Gasteiger partial charge on any atom is 0.293 e. The first kappa shape index (κ1) is 18.4. The topological polar surface area (TPSA) is 105 Å². The molecule has 0 saturated carbocycles. The van der Waals surface area contributed by atoms with Gasteiger partial charge in [-0.05, 0) is 31.5 Å². The number of benzene rings is 2. The lowest BCUT2D eigenvalue weighted by atomic mass is 10.1. The lowest BCUT2D eigenvalue weighted by Gasteiger charge is -2.13. The molecular formula is C19H22N6O2. The van der Waals surface area contributed by atoms with E-state index in [1.54, 1.807) is 6.07 Å². The summed E-state index contributed by atoms with van der Waals surface area (Å²) >= 11 is 0. The number of nitrogens with zero attached hydrogens (tertiary/aromatic N) is 3. The van der Waals surface area contributed by atoms with E-state index in [0.717, 1.165) is 17.8 Å². The van der Waals surface area contributed by atoms with Crippen LogP contribution in [0.3, 0.4) is 0 Å². The summed E-state index contributed by atoms with van der Waals surface area (Å²) in [6.07, 6.45) is 1.46. The van der Waals surface area contributed by atoms with E-state index in [0.29, 0.717) is 35.5 Å². The summed E-state index contributed by atoms with van der Waals surface area (Å²) in [5.74, 6) is 0.567. The zero-order chi connectivity index (χ0) is 19.2. The Kier molecular flexibility index (Phi) is 5.65. The Morgan fingerprint density at radius 2 is 1.74 bits per heavy atom. The number of hydrogen-bond donors (Lipinski definition) is 3. The van der Waals surface area contributed by atoms with E-state index in [1.165, 1.54) is 12.4 Å². The first-order valence-corrected chi connectivity index (χ1v) is 8.86. The van der Waals surface area contributed by atoms with Crippen LogP contribution in [0.5, 0.6) is 0 Å². The maximum absolute atomic E-state index is 11.4. The maximum atomic E-state index is 11.4. The van der Waals surface area contributed by atoms with Gasteiger partial charge in [0.15, 0.2) is 0 Å². The molecule has 0 spiro atoms. The van der Waals surface area contributed by atoms with Crippen molar-refractivity contribution in [1.82, 2.24) is 9.97 Å². The number of hydrogen-bond acceptors (Lipinski definition) is 7. The zero-order valence-electron chi connectivity index (χ0n) is 15.3. The predicted octanol–water partition coefficient (Wildman–Crippen LogP) is 4.01. The van der Waals surface area contributed by atoms with Crippen LogP contribution in [0.4, 0.5) is 22.9 Å². The molecule has 0 saturated heterocycles. The average Bonchev–Trinajstić information content (AvgIpc) is 2.67. The molecule has 0 amide bonds. The van der Waals surface area contributed by atoms with Crippen molar-refractivity contribution in [3.8, 4) is 0 Å². The second-order valence-corrected chi connectivity index (χ2v) is 5.94. The molecule has 0 aliphatic heterocycles. The van der Waals surface area contributed by atoms with Crippen molar-refractivity contribution in [3.63, 3.8) is 0 Å². The van der Waals surface area contributed by atoms with E-state index in [9.17, 15) is 10.1 Å². The smallest absolute Gasteiger partial charge is 0.293 e. The van der Waals surface area contributed by atoms with E-state index in [-0.39, 0.29) is 5.69 Å². The number of aromatic nitrogens is 2. The second kappa shape index (κ2) is 8.31. The summed E-state index contributed by atoms with van der Waals surface area (Å²) in [6, 6.07) is 11.2. The summed E-state index contributed by atoms with van der Waals surface area (Å²) in [7, 11) is 0. The number of nitrogens with one attached hydrogen (secondary N) is 3. The number of anilines is 3. The highest BCUT2D eigenvalue weighted by Crippen LogP contribution is 2.32. The molecule has 3 rings (SSSR count). The molecule has 3 N–H and O–H groups in total. The van der Waals surface area contributed by atoms with Crippen LogP contribution in [-0.2, 0) is 6.54 Å². The monoisotopic (exact) mass is 366 g/mol. The predicted molar refractivity (Wildman–Crippen MR) is 108 cm³/mol. The van der Waals surface area contributed by atoms with Crippen molar-refractivity contribution in [2.45, 2.75) is 20.4 Å². The average molecular weight is 366 g/mol. The summed E-state index contributed by atoms with van der Waals surface area (Å²) in [4.78, 5) is 19.6. The van der Waals surface area contributed by atoms with Crippen molar-refractivity contribution in [1.29, 1.82) is 0 Å². The van der Waals surface area contributed by atoms with Crippen LogP contribution >= 0.6 is 0 Å². The van der Waals surface area contributed by atoms with Gasteiger partial charge in [-0.15, -0.1) is 0 Å². The van der Waals surface area contributed by atoms with E-state index in [1.807, 2.05) is 38.1 Å². The molecule has 2 aromatic carbocycles. The third-order valence-corrected chi connectivity index (χ3v) is 4.15. The first-order valence-electron chi connectivity index (χ1n) is 8.86. The molecule has 0 aliphatic carbocycles. The van der Waals surface area contributed by atoms with Gasteiger partial charge in [0.25, 0.3) is 5.69 Å². The fourth-order valence-electron chi connectivity index (χ4n) is 2.93. The Labute approximate surface area is 157 Å². The van der Waals surface area contributed by atoms with Gasteiger partial charge in [-0.25, -0.2) is 9.97 Å². The van der Waals surface area contributed by atoms with E-state index in [4.69, 9.17) is 0 Å². The number of rotatable bonds is 8. The summed E-state index contributed by atoms with van der Waals surface area (Å²) < 4.78 is 0. The summed E-state index contributed by atoms with van der Waals surface area (Å²) in [6.45, 7) is 5.89. The Morgan fingerprint density at radius 3 is 2.48 bits per heavy atom. The van der Waals surface area contributed by atoms with E-state index >= 15 is 0 Å². The number of nitro benzene ring substituents is 1. The molecule has 1 aromatic heterocycles. The van der Waals surface area contributed by atoms with Gasteiger partial charge < -0.3 is 16.0 Å². The molecular weight excluding hydrogens is 344 g/mol. The highest BCUT2D eigenvalue weighted by molar-refractivity contribution is 5.94. The molecule has 8 nitrogen and oxygen atoms in total. The molecule has 3 aromatic rings. The van der Waals surface area contributed by atoms with Crippen LogP contribution < -0.4 is 16.0 Å². The van der Waals surface area contributed by atoms with Gasteiger partial charge in [0.05, 0.1) is 10.4 Å².